The predicted molar refractivity (Wildman–Crippen MR) is 171 cm³/mol. The van der Waals surface area contributed by atoms with Crippen LogP contribution in [0.4, 0.5) is 0 Å². The van der Waals surface area contributed by atoms with E-state index in [4.69, 9.17) is 28.4 Å². The molecule has 0 amide bonds. The second-order valence-corrected chi connectivity index (χ2v) is 12.0. The zero-order valence-corrected chi connectivity index (χ0v) is 27.2. The van der Waals surface area contributed by atoms with Gasteiger partial charge in [0.1, 0.15) is 11.5 Å². The van der Waals surface area contributed by atoms with Crippen LogP contribution in [-0.4, -0.2) is 62.5 Å². The van der Waals surface area contributed by atoms with Crippen LogP contribution in [0.3, 0.4) is 0 Å². The van der Waals surface area contributed by atoms with E-state index in [0.29, 0.717) is 50.8 Å². The Morgan fingerprint density at radius 2 is 1.11 bits per heavy atom. The fourth-order valence-electron chi connectivity index (χ4n) is 5.67. The number of hydrogen-bond acceptors (Lipinski definition) is 10. The highest BCUT2D eigenvalue weighted by atomic mass is 16.5. The molecule has 0 aromatic heterocycles. The summed E-state index contributed by atoms with van der Waals surface area (Å²) in [4.78, 5) is 47.8. The summed E-state index contributed by atoms with van der Waals surface area (Å²) in [6.07, 6.45) is 12.8. The van der Waals surface area contributed by atoms with Gasteiger partial charge in [-0.25, -0.2) is 9.59 Å². The van der Waals surface area contributed by atoms with E-state index in [0.717, 1.165) is 88.3 Å². The van der Waals surface area contributed by atoms with Gasteiger partial charge in [0.15, 0.2) is 0 Å². The summed E-state index contributed by atoms with van der Waals surface area (Å²) in [5, 5.41) is 0. The highest BCUT2D eigenvalue weighted by molar-refractivity contribution is 5.81. The first-order valence-corrected chi connectivity index (χ1v) is 16.6. The summed E-state index contributed by atoms with van der Waals surface area (Å²) in [7, 11) is 0. The second-order valence-electron chi connectivity index (χ2n) is 12.0. The van der Waals surface area contributed by atoms with Gasteiger partial charge >= 0.3 is 23.9 Å². The number of hydrogen-bond donors (Lipinski definition) is 0. The average molecular weight is 643 g/mol. The normalized spacial score (nSPS) is 21.1. The molecule has 2 aliphatic rings. The molecule has 0 radical (unpaired) electrons. The highest BCUT2D eigenvalue weighted by Gasteiger charge is 2.30. The van der Waals surface area contributed by atoms with Gasteiger partial charge in [-0.2, -0.15) is 0 Å². The Hall–Kier alpha value is -3.50. The van der Waals surface area contributed by atoms with Crippen LogP contribution in [0.2, 0.25) is 0 Å². The molecule has 0 spiro atoms. The van der Waals surface area contributed by atoms with Gasteiger partial charge in [-0.05, 0) is 114 Å². The van der Waals surface area contributed by atoms with Gasteiger partial charge in [-0.15, -0.1) is 0 Å². The third kappa shape index (κ3) is 13.5. The zero-order valence-electron chi connectivity index (χ0n) is 27.2. The lowest BCUT2D eigenvalue weighted by Gasteiger charge is -2.27. The average Bonchev–Trinajstić information content (AvgIpc) is 3.07. The molecule has 0 atom stereocenters. The van der Waals surface area contributed by atoms with Crippen LogP contribution in [0.5, 0.6) is 11.5 Å². The Labute approximate surface area is 272 Å². The summed E-state index contributed by atoms with van der Waals surface area (Å²) in [5.74, 6) is -0.736. The van der Waals surface area contributed by atoms with Crippen molar-refractivity contribution in [3.8, 4) is 11.5 Å². The maximum atomic E-state index is 12.9. The third-order valence-corrected chi connectivity index (χ3v) is 8.45. The van der Waals surface area contributed by atoms with Crippen LogP contribution in [0.1, 0.15) is 89.0 Å². The van der Waals surface area contributed by atoms with Gasteiger partial charge < -0.3 is 28.4 Å². The maximum absolute atomic E-state index is 12.9. The van der Waals surface area contributed by atoms with Crippen molar-refractivity contribution < 1.29 is 47.6 Å². The number of ether oxygens (including phenoxy) is 6. The zero-order chi connectivity index (χ0) is 33.1. The van der Waals surface area contributed by atoms with Crippen LogP contribution >= 0.6 is 0 Å². The van der Waals surface area contributed by atoms with E-state index < -0.39 is 11.9 Å². The lowest BCUT2D eigenvalue weighted by atomic mass is 9.87. The van der Waals surface area contributed by atoms with Crippen LogP contribution in [-0.2, 0) is 38.1 Å². The molecule has 0 saturated heterocycles. The second kappa shape index (κ2) is 20.6. The SMILES string of the molecule is C=CC(=O)OCCCCCOC1CCC(C(=O)Oc2ccc(OC(=O)C3CCC(OCCCCOC(=O)C=C)CC3)cc2C)CC1. The summed E-state index contributed by atoms with van der Waals surface area (Å²) < 4.78 is 33.3. The Balaban J connectivity index is 1.28. The first-order valence-electron chi connectivity index (χ1n) is 16.6. The van der Waals surface area contributed by atoms with E-state index in [9.17, 15) is 19.2 Å². The number of aryl methyl sites for hydroxylation is 1. The molecule has 0 aliphatic heterocycles. The third-order valence-electron chi connectivity index (χ3n) is 8.45. The molecule has 1 aromatic rings. The molecule has 2 aliphatic carbocycles. The first kappa shape index (κ1) is 37.0. The molecule has 0 N–H and O–H groups in total. The van der Waals surface area contributed by atoms with Crippen LogP contribution in [0, 0.1) is 18.8 Å². The van der Waals surface area contributed by atoms with Gasteiger partial charge in [0.05, 0.1) is 37.3 Å². The minimum Gasteiger partial charge on any atom is -0.463 e. The van der Waals surface area contributed by atoms with Gasteiger partial charge in [0.25, 0.3) is 0 Å². The van der Waals surface area contributed by atoms with Crippen LogP contribution in [0.15, 0.2) is 43.5 Å². The number of carbonyl (C=O) groups excluding carboxylic acids is 4. The van der Waals surface area contributed by atoms with Crippen molar-refractivity contribution in [1.29, 1.82) is 0 Å². The van der Waals surface area contributed by atoms with E-state index in [1.54, 1.807) is 18.2 Å². The topological polar surface area (TPSA) is 124 Å². The monoisotopic (exact) mass is 642 g/mol. The van der Waals surface area contributed by atoms with E-state index in [1.165, 1.54) is 0 Å². The molecule has 0 unspecified atom stereocenters. The first-order chi connectivity index (χ1) is 22.3. The highest BCUT2D eigenvalue weighted by Crippen LogP contribution is 2.31. The van der Waals surface area contributed by atoms with E-state index >= 15 is 0 Å². The standard InChI is InChI=1S/C36H50O10/c1-4-33(37)43-23-8-6-7-21-41-29-17-13-28(14-18-29)36(40)46-32-20-19-31(25-26(32)3)45-35(39)27-11-15-30(16-12-27)42-22-9-10-24-44-34(38)5-2/h4-5,19-20,25,27-30H,1-2,6-18,21-24H2,3H3. The molecule has 10 nitrogen and oxygen atoms in total. The molecule has 0 bridgehead atoms. The fraction of sp³-hybridized carbons (Fsp3) is 0.611. The molecule has 2 fully saturated rings. The number of unbranched alkanes of at least 4 members (excludes halogenated alkanes) is 3. The molecule has 2 saturated carbocycles. The summed E-state index contributed by atoms with van der Waals surface area (Å²) >= 11 is 0. The van der Waals surface area contributed by atoms with Crippen molar-refractivity contribution in [3.63, 3.8) is 0 Å². The van der Waals surface area contributed by atoms with Crippen molar-refractivity contribution >= 4 is 23.9 Å². The number of esters is 4. The van der Waals surface area contributed by atoms with Gasteiger partial charge in [-0.1, -0.05) is 13.2 Å². The molecular formula is C36H50O10. The lowest BCUT2D eigenvalue weighted by molar-refractivity contribution is -0.142. The molecule has 10 heteroatoms. The van der Waals surface area contributed by atoms with Crippen molar-refractivity contribution in [2.24, 2.45) is 11.8 Å². The summed E-state index contributed by atoms with van der Waals surface area (Å²) in [5.41, 5.74) is 0.728. The Kier molecular flexibility index (Phi) is 16.5. The number of rotatable bonds is 19. The smallest absolute Gasteiger partial charge is 0.330 e. The van der Waals surface area contributed by atoms with Gasteiger partial charge in [-0.3, -0.25) is 9.59 Å². The van der Waals surface area contributed by atoms with E-state index in [1.807, 2.05) is 6.92 Å². The molecule has 0 heterocycles. The van der Waals surface area contributed by atoms with Gasteiger partial charge in [0.2, 0.25) is 0 Å². The van der Waals surface area contributed by atoms with E-state index in [2.05, 4.69) is 13.2 Å². The van der Waals surface area contributed by atoms with Crippen LogP contribution < -0.4 is 9.47 Å². The number of carbonyl (C=O) groups is 4. The molecule has 3 rings (SSSR count). The van der Waals surface area contributed by atoms with Gasteiger partial charge in [0, 0.05) is 25.4 Å². The van der Waals surface area contributed by atoms with Crippen molar-refractivity contribution in [2.45, 2.75) is 103 Å². The predicted octanol–water partition coefficient (Wildman–Crippen LogP) is 6.37. The Bertz CT molecular complexity index is 1150. The summed E-state index contributed by atoms with van der Waals surface area (Å²) in [6.45, 7) is 10.6. The van der Waals surface area contributed by atoms with Crippen LogP contribution in [0.25, 0.3) is 0 Å². The Morgan fingerprint density at radius 3 is 1.61 bits per heavy atom. The molecule has 1 aromatic carbocycles. The molecular weight excluding hydrogens is 592 g/mol. The maximum Gasteiger partial charge on any atom is 0.330 e. The summed E-state index contributed by atoms with van der Waals surface area (Å²) in [6, 6.07) is 5.09. The largest absolute Gasteiger partial charge is 0.463 e. The quantitative estimate of drug-likeness (QED) is 0.0728. The molecule has 254 valence electrons. The Morgan fingerprint density at radius 1 is 0.652 bits per heavy atom. The number of benzene rings is 1. The molecule has 46 heavy (non-hydrogen) atoms. The fourth-order valence-corrected chi connectivity index (χ4v) is 5.67. The minimum atomic E-state index is -0.413. The lowest BCUT2D eigenvalue weighted by Crippen LogP contribution is -2.29. The van der Waals surface area contributed by atoms with Crippen molar-refractivity contribution in [3.05, 3.63) is 49.1 Å². The van der Waals surface area contributed by atoms with E-state index in [-0.39, 0.29) is 36.0 Å². The van der Waals surface area contributed by atoms with Crippen molar-refractivity contribution in [2.75, 3.05) is 26.4 Å². The minimum absolute atomic E-state index is 0.122. The van der Waals surface area contributed by atoms with Crippen molar-refractivity contribution in [1.82, 2.24) is 0 Å².